The van der Waals surface area contributed by atoms with E-state index in [-0.39, 0.29) is 37.8 Å². The third-order valence-electron chi connectivity index (χ3n) is 5.91. The lowest BCUT2D eigenvalue weighted by molar-refractivity contribution is -0.385. The number of benzene rings is 2. The Hall–Kier alpha value is -2.36. The van der Waals surface area contributed by atoms with E-state index in [1.807, 2.05) is 0 Å². The Kier molecular flexibility index (Phi) is 5.63. The second-order valence-corrected chi connectivity index (χ2v) is 10.2. The topological polar surface area (TPSA) is 81.3 Å². The number of carbonyl (C=O) groups excluding carboxylic acids is 1. The van der Waals surface area contributed by atoms with Crippen LogP contribution in [0.2, 0.25) is 5.02 Å². The number of nitro groups is 1. The largest absolute Gasteiger partial charge is 0.297 e. The molecule has 1 aliphatic rings. The molecule has 1 aromatic heterocycles. The molecule has 3 aromatic rings. The summed E-state index contributed by atoms with van der Waals surface area (Å²) in [6, 6.07) is 4.74. The van der Waals surface area contributed by atoms with Gasteiger partial charge in [0.25, 0.3) is 5.69 Å². The Morgan fingerprint density at radius 2 is 1.97 bits per heavy atom. The number of rotatable bonds is 4. The lowest BCUT2D eigenvalue weighted by Crippen LogP contribution is -2.54. The second kappa shape index (κ2) is 7.90. The Morgan fingerprint density at radius 3 is 2.56 bits per heavy atom. The van der Waals surface area contributed by atoms with E-state index >= 15 is 0 Å². The van der Waals surface area contributed by atoms with Crippen molar-refractivity contribution in [1.82, 2.24) is 14.7 Å². The van der Waals surface area contributed by atoms with Crippen molar-refractivity contribution in [2.75, 3.05) is 13.1 Å². The van der Waals surface area contributed by atoms with Crippen LogP contribution in [0.4, 0.5) is 10.1 Å². The number of hydrogen-bond acceptors (Lipinski definition) is 5. The average Bonchev–Trinajstić information content (AvgIpc) is 2.97. The van der Waals surface area contributed by atoms with Crippen LogP contribution in [0.1, 0.15) is 48.3 Å². The quantitative estimate of drug-likeness (QED) is 0.257. The van der Waals surface area contributed by atoms with Gasteiger partial charge < -0.3 is 0 Å². The number of nitrogens with zero attached hydrogens (tertiary/aromatic N) is 4. The first-order valence-corrected chi connectivity index (χ1v) is 11.2. The van der Waals surface area contributed by atoms with Crippen LogP contribution in [0, 0.1) is 15.9 Å². The minimum Gasteiger partial charge on any atom is -0.297 e. The van der Waals surface area contributed by atoms with Gasteiger partial charge in [0.05, 0.1) is 20.1 Å². The summed E-state index contributed by atoms with van der Waals surface area (Å²) in [6.07, 6.45) is 0. The van der Waals surface area contributed by atoms with Gasteiger partial charge in [0, 0.05) is 48.6 Å². The minimum absolute atomic E-state index is 0.0103. The van der Waals surface area contributed by atoms with E-state index in [0.717, 1.165) is 30.9 Å². The summed E-state index contributed by atoms with van der Waals surface area (Å²) in [5, 5.41) is 17.1. The first-order valence-electron chi connectivity index (χ1n) is 9.98. The van der Waals surface area contributed by atoms with Gasteiger partial charge in [0.15, 0.2) is 0 Å². The third kappa shape index (κ3) is 3.72. The van der Waals surface area contributed by atoms with Crippen LogP contribution in [-0.2, 0) is 7.05 Å². The maximum Gasteiger partial charge on any atom is 0.282 e. The molecule has 1 aliphatic heterocycles. The minimum atomic E-state index is -0.746. The number of aryl methyl sites for hydroxylation is 1. The number of halogens is 3. The van der Waals surface area contributed by atoms with Gasteiger partial charge in [-0.15, -0.1) is 0 Å². The molecule has 2 heterocycles. The van der Waals surface area contributed by atoms with Crippen molar-refractivity contribution in [3.05, 3.63) is 66.5 Å². The molecular weight excluding hydrogens is 503 g/mol. The van der Waals surface area contributed by atoms with Gasteiger partial charge in [0.2, 0.25) is 5.78 Å². The molecule has 0 saturated carbocycles. The standard InChI is InChI=1S/C22H21BrClFN4O3/c1-22(2,3)28-9-11(10-28)20-14-8-16(29(31)32)17(18(23)19(14)26-27(20)4)21(30)13-7-12(25)5-6-15(13)24/h5-8,11H,9-10H2,1-4H3. The third-order valence-corrected chi connectivity index (χ3v) is 7.01. The summed E-state index contributed by atoms with van der Waals surface area (Å²) in [6.45, 7) is 8.04. The van der Waals surface area contributed by atoms with Gasteiger partial charge in [-0.2, -0.15) is 5.10 Å². The normalized spacial score (nSPS) is 15.2. The summed E-state index contributed by atoms with van der Waals surface area (Å²) in [4.78, 5) is 26.9. The molecular formula is C22H21BrClFN4O3. The highest BCUT2D eigenvalue weighted by molar-refractivity contribution is 9.10. The number of carbonyl (C=O) groups is 1. The van der Waals surface area contributed by atoms with Gasteiger partial charge in [0.1, 0.15) is 16.9 Å². The maximum absolute atomic E-state index is 13.8. The highest BCUT2D eigenvalue weighted by Crippen LogP contribution is 2.42. The first kappa shape index (κ1) is 22.8. The second-order valence-electron chi connectivity index (χ2n) is 8.97. The average molecular weight is 524 g/mol. The van der Waals surface area contributed by atoms with Crippen LogP contribution >= 0.6 is 27.5 Å². The summed E-state index contributed by atoms with van der Waals surface area (Å²) < 4.78 is 15.7. The lowest BCUT2D eigenvalue weighted by Gasteiger charge is -2.47. The number of fused-ring (bicyclic) bond motifs is 1. The Morgan fingerprint density at radius 1 is 1.31 bits per heavy atom. The molecule has 1 saturated heterocycles. The van der Waals surface area contributed by atoms with Crippen molar-refractivity contribution in [1.29, 1.82) is 0 Å². The molecule has 0 unspecified atom stereocenters. The predicted octanol–water partition coefficient (Wildman–Crippen LogP) is 5.47. The zero-order chi connectivity index (χ0) is 23.5. The molecule has 0 bridgehead atoms. The van der Waals surface area contributed by atoms with Crippen LogP contribution in [0.15, 0.2) is 28.7 Å². The number of aromatic nitrogens is 2. The van der Waals surface area contributed by atoms with Crippen molar-refractivity contribution in [3.8, 4) is 0 Å². The summed E-state index contributed by atoms with van der Waals surface area (Å²) >= 11 is 9.47. The van der Waals surface area contributed by atoms with Crippen LogP contribution in [0.3, 0.4) is 0 Å². The van der Waals surface area contributed by atoms with Gasteiger partial charge in [-0.1, -0.05) is 11.6 Å². The predicted molar refractivity (Wildman–Crippen MR) is 124 cm³/mol. The number of hydrogen-bond donors (Lipinski definition) is 0. The molecule has 0 spiro atoms. The zero-order valence-electron chi connectivity index (χ0n) is 17.9. The number of nitro benzene ring substituents is 1. The van der Waals surface area contributed by atoms with Gasteiger partial charge in [-0.05, 0) is 54.9 Å². The Balaban J connectivity index is 1.87. The van der Waals surface area contributed by atoms with Crippen LogP contribution in [0.25, 0.3) is 10.9 Å². The van der Waals surface area contributed by atoms with Crippen LogP contribution in [-0.4, -0.2) is 44.0 Å². The molecule has 7 nitrogen and oxygen atoms in total. The maximum atomic E-state index is 13.8. The molecule has 1 fully saturated rings. The molecule has 10 heteroatoms. The van der Waals surface area contributed by atoms with Crippen LogP contribution in [0.5, 0.6) is 0 Å². The van der Waals surface area contributed by atoms with Gasteiger partial charge in [-0.25, -0.2) is 4.39 Å². The summed E-state index contributed by atoms with van der Waals surface area (Å²) in [7, 11) is 1.79. The monoisotopic (exact) mass is 522 g/mol. The van der Waals surface area contributed by atoms with Crippen molar-refractivity contribution < 1.29 is 14.1 Å². The molecule has 0 atom stereocenters. The summed E-state index contributed by atoms with van der Waals surface area (Å²) in [5.74, 6) is -1.24. The van der Waals surface area contributed by atoms with E-state index in [1.165, 1.54) is 12.1 Å². The fourth-order valence-corrected chi connectivity index (χ4v) is 5.03. The highest BCUT2D eigenvalue weighted by Gasteiger charge is 2.39. The molecule has 2 aromatic carbocycles. The fourth-order valence-electron chi connectivity index (χ4n) is 4.15. The zero-order valence-corrected chi connectivity index (χ0v) is 20.3. The number of ketones is 1. The van der Waals surface area contributed by atoms with E-state index in [1.54, 1.807) is 11.7 Å². The SMILES string of the molecule is Cn1nc2c(Br)c(C(=O)c3cc(F)ccc3Cl)c([N+](=O)[O-])cc2c1C1CN(C(C)(C)C)C1. The Labute approximate surface area is 197 Å². The Bertz CT molecular complexity index is 1280. The smallest absolute Gasteiger partial charge is 0.282 e. The highest BCUT2D eigenvalue weighted by atomic mass is 79.9. The molecule has 0 N–H and O–H groups in total. The van der Waals surface area contributed by atoms with Gasteiger partial charge in [-0.3, -0.25) is 24.5 Å². The van der Waals surface area contributed by atoms with E-state index < -0.39 is 16.5 Å². The van der Waals surface area contributed by atoms with E-state index in [0.29, 0.717) is 10.9 Å². The van der Waals surface area contributed by atoms with E-state index in [9.17, 15) is 19.3 Å². The van der Waals surface area contributed by atoms with Crippen molar-refractivity contribution in [2.24, 2.45) is 7.05 Å². The van der Waals surface area contributed by atoms with Crippen LogP contribution < -0.4 is 0 Å². The van der Waals surface area contributed by atoms with E-state index in [2.05, 4.69) is 46.7 Å². The first-order chi connectivity index (χ1) is 14.9. The van der Waals surface area contributed by atoms with Crippen molar-refractivity contribution >= 4 is 49.9 Å². The molecule has 0 amide bonds. The number of likely N-dealkylation sites (tertiary alicyclic amines) is 1. The van der Waals surface area contributed by atoms with Crippen molar-refractivity contribution in [2.45, 2.75) is 32.2 Å². The molecule has 4 rings (SSSR count). The molecule has 0 radical (unpaired) electrons. The summed E-state index contributed by atoms with van der Waals surface area (Å²) in [5.41, 5.74) is 0.623. The molecule has 32 heavy (non-hydrogen) atoms. The van der Waals surface area contributed by atoms with E-state index in [4.69, 9.17) is 11.6 Å². The van der Waals surface area contributed by atoms with Crippen molar-refractivity contribution in [3.63, 3.8) is 0 Å². The molecule has 168 valence electrons. The molecule has 0 aliphatic carbocycles. The lowest BCUT2D eigenvalue weighted by atomic mass is 9.88. The van der Waals surface area contributed by atoms with Gasteiger partial charge >= 0.3 is 0 Å². The fraction of sp³-hybridized carbons (Fsp3) is 0.364.